The van der Waals surface area contributed by atoms with E-state index >= 15 is 0 Å². The molecule has 1 heterocycles. The molecule has 0 aliphatic carbocycles. The Balaban J connectivity index is 1.95. The predicted octanol–water partition coefficient (Wildman–Crippen LogP) is 1.13. The predicted molar refractivity (Wildman–Crippen MR) is 68.5 cm³/mol. The van der Waals surface area contributed by atoms with Gasteiger partial charge in [0.2, 0.25) is 0 Å². The Morgan fingerprint density at radius 1 is 1.44 bits per heavy atom. The highest BCUT2D eigenvalue weighted by molar-refractivity contribution is 5.94. The third-order valence-corrected chi connectivity index (χ3v) is 3.42. The van der Waals surface area contributed by atoms with Gasteiger partial charge in [-0.15, -0.1) is 0 Å². The molecular weight excluding hydrogens is 230 g/mol. The van der Waals surface area contributed by atoms with Crippen molar-refractivity contribution in [3.05, 3.63) is 35.4 Å². The number of aliphatic hydroxyl groups is 1. The molecule has 2 N–H and O–H groups in total. The highest BCUT2D eigenvalue weighted by Crippen LogP contribution is 2.38. The zero-order valence-corrected chi connectivity index (χ0v) is 10.8. The molecule has 4 nitrogen and oxygen atoms in total. The molecule has 2 atom stereocenters. The first kappa shape index (κ1) is 13.1. The molecule has 0 radical (unpaired) electrons. The first-order valence-corrected chi connectivity index (χ1v) is 6.21. The molecule has 0 saturated carbocycles. The summed E-state index contributed by atoms with van der Waals surface area (Å²) in [4.78, 5) is 11.6. The number of carbonyl (C=O) groups excluding carboxylic acids is 1. The van der Waals surface area contributed by atoms with E-state index in [1.807, 2.05) is 12.1 Å². The summed E-state index contributed by atoms with van der Waals surface area (Å²) in [5.74, 6) is -0.155. The van der Waals surface area contributed by atoms with Gasteiger partial charge in [-0.2, -0.15) is 0 Å². The van der Waals surface area contributed by atoms with Gasteiger partial charge in [-0.05, 0) is 31.5 Å². The van der Waals surface area contributed by atoms with Crippen LogP contribution in [0, 0.1) is 0 Å². The molecule has 0 bridgehead atoms. The van der Waals surface area contributed by atoms with Crippen LogP contribution in [0.4, 0.5) is 0 Å². The first-order chi connectivity index (χ1) is 8.55. The largest absolute Gasteiger partial charge is 0.395 e. The average Bonchev–Trinajstić information content (AvgIpc) is 2.94. The number of epoxide rings is 1. The molecule has 0 spiro atoms. The number of aliphatic hydroxyl groups excluding tert-OH is 1. The quantitative estimate of drug-likeness (QED) is 0.769. The molecule has 1 aromatic rings. The second-order valence-electron chi connectivity index (χ2n) is 4.93. The monoisotopic (exact) mass is 249 g/mol. The van der Waals surface area contributed by atoms with Crippen molar-refractivity contribution < 1.29 is 14.6 Å². The topological polar surface area (TPSA) is 61.9 Å². The highest BCUT2D eigenvalue weighted by atomic mass is 16.6. The number of nitrogens with one attached hydrogen (secondary N) is 1. The highest BCUT2D eigenvalue weighted by Gasteiger charge is 2.48. The second-order valence-corrected chi connectivity index (χ2v) is 4.93. The van der Waals surface area contributed by atoms with Crippen LogP contribution in [0.5, 0.6) is 0 Å². The number of carbonyl (C=O) groups is 1. The molecule has 1 saturated heterocycles. The molecule has 18 heavy (non-hydrogen) atoms. The van der Waals surface area contributed by atoms with E-state index in [0.717, 1.165) is 6.42 Å². The maximum absolute atomic E-state index is 11.6. The van der Waals surface area contributed by atoms with Crippen LogP contribution >= 0.6 is 0 Å². The Kier molecular flexibility index (Phi) is 3.68. The summed E-state index contributed by atoms with van der Waals surface area (Å²) in [5.41, 5.74) is 1.74. The minimum absolute atomic E-state index is 0.0410. The standard InChI is InChI=1S/C14H19NO3/c1-10-14(2,18-10)9-11-3-5-12(6-4-11)13(17)15-7-8-16/h3-6,10,16H,7-9H2,1-2H3,(H,15,17). The fraction of sp³-hybridized carbons (Fsp3) is 0.500. The van der Waals surface area contributed by atoms with Gasteiger partial charge in [0, 0.05) is 18.5 Å². The lowest BCUT2D eigenvalue weighted by Gasteiger charge is -2.07. The van der Waals surface area contributed by atoms with Gasteiger partial charge in [-0.25, -0.2) is 0 Å². The molecule has 4 heteroatoms. The fourth-order valence-corrected chi connectivity index (χ4v) is 2.01. The molecule has 98 valence electrons. The summed E-state index contributed by atoms with van der Waals surface area (Å²) in [6, 6.07) is 7.51. The number of benzene rings is 1. The normalized spacial score (nSPS) is 25.8. The van der Waals surface area contributed by atoms with Crippen molar-refractivity contribution in [2.24, 2.45) is 0 Å². The van der Waals surface area contributed by atoms with Crippen molar-refractivity contribution >= 4 is 5.91 Å². The van der Waals surface area contributed by atoms with E-state index in [4.69, 9.17) is 9.84 Å². The van der Waals surface area contributed by atoms with E-state index in [1.165, 1.54) is 5.56 Å². The van der Waals surface area contributed by atoms with E-state index in [2.05, 4.69) is 19.2 Å². The smallest absolute Gasteiger partial charge is 0.251 e. The number of hydrogen-bond acceptors (Lipinski definition) is 3. The fourth-order valence-electron chi connectivity index (χ4n) is 2.01. The maximum atomic E-state index is 11.6. The van der Waals surface area contributed by atoms with Gasteiger partial charge in [0.1, 0.15) is 0 Å². The van der Waals surface area contributed by atoms with Crippen LogP contribution in [0.3, 0.4) is 0 Å². The third-order valence-electron chi connectivity index (χ3n) is 3.42. The molecule has 1 aliphatic rings. The van der Waals surface area contributed by atoms with Gasteiger partial charge in [-0.3, -0.25) is 4.79 Å². The Morgan fingerprint density at radius 2 is 2.06 bits per heavy atom. The van der Waals surface area contributed by atoms with Gasteiger partial charge < -0.3 is 15.2 Å². The Labute approximate surface area is 107 Å². The van der Waals surface area contributed by atoms with Crippen molar-refractivity contribution in [1.29, 1.82) is 0 Å². The van der Waals surface area contributed by atoms with E-state index in [0.29, 0.717) is 11.7 Å². The van der Waals surface area contributed by atoms with Crippen molar-refractivity contribution in [1.82, 2.24) is 5.32 Å². The van der Waals surface area contributed by atoms with Gasteiger partial charge in [0.25, 0.3) is 5.91 Å². The zero-order valence-electron chi connectivity index (χ0n) is 10.8. The molecule has 1 amide bonds. The summed E-state index contributed by atoms with van der Waals surface area (Å²) < 4.78 is 5.53. The Hall–Kier alpha value is -1.39. The lowest BCUT2D eigenvalue weighted by molar-refractivity contribution is 0.0945. The van der Waals surface area contributed by atoms with Crippen molar-refractivity contribution in [3.8, 4) is 0 Å². The minimum Gasteiger partial charge on any atom is -0.395 e. The summed E-state index contributed by atoms with van der Waals surface area (Å²) in [7, 11) is 0. The number of amides is 1. The van der Waals surface area contributed by atoms with Gasteiger partial charge in [-0.1, -0.05) is 12.1 Å². The summed E-state index contributed by atoms with van der Waals surface area (Å²) >= 11 is 0. The molecule has 1 aliphatic heterocycles. The molecule has 1 aromatic carbocycles. The molecule has 1 fully saturated rings. The summed E-state index contributed by atoms with van der Waals surface area (Å²) in [5, 5.41) is 11.3. The van der Waals surface area contributed by atoms with Crippen LogP contribution in [-0.4, -0.2) is 35.9 Å². The van der Waals surface area contributed by atoms with Gasteiger partial charge >= 0.3 is 0 Å². The van der Waals surface area contributed by atoms with E-state index in [9.17, 15) is 4.79 Å². The van der Waals surface area contributed by atoms with Gasteiger partial charge in [0.05, 0.1) is 18.3 Å². The molecule has 0 aromatic heterocycles. The van der Waals surface area contributed by atoms with Crippen molar-refractivity contribution in [2.75, 3.05) is 13.2 Å². The summed E-state index contributed by atoms with van der Waals surface area (Å²) in [6.45, 7) is 4.40. The molecular formula is C14H19NO3. The Morgan fingerprint density at radius 3 is 2.56 bits per heavy atom. The summed E-state index contributed by atoms with van der Waals surface area (Å²) in [6.07, 6.45) is 1.18. The van der Waals surface area contributed by atoms with Crippen molar-refractivity contribution in [3.63, 3.8) is 0 Å². The zero-order chi connectivity index (χ0) is 13.2. The van der Waals surface area contributed by atoms with Crippen LogP contribution in [0.2, 0.25) is 0 Å². The lowest BCUT2D eigenvalue weighted by atomic mass is 9.97. The SMILES string of the molecule is CC1OC1(C)Cc1ccc(C(=O)NCCO)cc1. The van der Waals surface area contributed by atoms with E-state index < -0.39 is 0 Å². The second kappa shape index (κ2) is 5.08. The van der Waals surface area contributed by atoms with Crippen LogP contribution in [0.25, 0.3) is 0 Å². The third kappa shape index (κ3) is 2.89. The minimum atomic E-state index is -0.155. The number of ether oxygens (including phenoxy) is 1. The molecule has 2 unspecified atom stereocenters. The van der Waals surface area contributed by atoms with E-state index in [1.54, 1.807) is 12.1 Å². The van der Waals surface area contributed by atoms with Crippen LogP contribution in [0.15, 0.2) is 24.3 Å². The van der Waals surface area contributed by atoms with Crippen LogP contribution in [-0.2, 0) is 11.2 Å². The van der Waals surface area contributed by atoms with Crippen molar-refractivity contribution in [2.45, 2.75) is 32.0 Å². The maximum Gasteiger partial charge on any atom is 0.251 e. The number of rotatable bonds is 5. The van der Waals surface area contributed by atoms with Gasteiger partial charge in [0.15, 0.2) is 0 Å². The first-order valence-electron chi connectivity index (χ1n) is 6.21. The average molecular weight is 249 g/mol. The van der Waals surface area contributed by atoms with E-state index in [-0.39, 0.29) is 24.7 Å². The number of hydrogen-bond donors (Lipinski definition) is 2. The molecule has 2 rings (SSSR count). The lowest BCUT2D eigenvalue weighted by Crippen LogP contribution is -2.26. The Bertz CT molecular complexity index is 429. The van der Waals surface area contributed by atoms with Crippen LogP contribution in [0.1, 0.15) is 29.8 Å². The van der Waals surface area contributed by atoms with Crippen LogP contribution < -0.4 is 5.32 Å².